The van der Waals surface area contributed by atoms with Crippen LogP contribution < -0.4 is 5.43 Å². The summed E-state index contributed by atoms with van der Waals surface area (Å²) < 4.78 is 5.44. The van der Waals surface area contributed by atoms with Crippen molar-refractivity contribution < 1.29 is 24.8 Å². The van der Waals surface area contributed by atoms with Gasteiger partial charge in [0, 0.05) is 12.1 Å². The molecule has 0 radical (unpaired) electrons. The van der Waals surface area contributed by atoms with Crippen molar-refractivity contribution in [2.75, 3.05) is 0 Å². The van der Waals surface area contributed by atoms with Crippen molar-refractivity contribution in [1.29, 1.82) is 0 Å². The van der Waals surface area contributed by atoms with Crippen molar-refractivity contribution in [2.45, 2.75) is 0 Å². The molecule has 0 amide bonds. The first-order valence-corrected chi connectivity index (χ1v) is 5.98. The molecule has 0 bridgehead atoms. The summed E-state index contributed by atoms with van der Waals surface area (Å²) in [6, 6.07) is 7.39. The summed E-state index contributed by atoms with van der Waals surface area (Å²) in [6.07, 6.45) is 0. The van der Waals surface area contributed by atoms with Gasteiger partial charge in [0.05, 0.1) is 5.39 Å². The highest BCUT2D eigenvalue weighted by atomic mass is 16.3. The maximum absolute atomic E-state index is 12.0. The van der Waals surface area contributed by atoms with Crippen molar-refractivity contribution >= 4 is 11.0 Å². The Morgan fingerprint density at radius 3 is 2.10 bits per heavy atom. The molecule has 0 atom stereocenters. The fourth-order valence-electron chi connectivity index (χ4n) is 2.08. The highest BCUT2D eigenvalue weighted by molar-refractivity contribution is 5.83. The van der Waals surface area contributed by atoms with Crippen LogP contribution in [0.25, 0.3) is 22.3 Å². The zero-order valence-electron chi connectivity index (χ0n) is 10.6. The van der Waals surface area contributed by atoms with Crippen LogP contribution in [0.2, 0.25) is 0 Å². The van der Waals surface area contributed by atoms with E-state index in [0.717, 1.165) is 18.2 Å². The summed E-state index contributed by atoms with van der Waals surface area (Å²) >= 11 is 0. The Hall–Kier alpha value is -3.15. The average Bonchev–Trinajstić information content (AvgIpc) is 2.41. The second-order valence-electron chi connectivity index (χ2n) is 4.48. The van der Waals surface area contributed by atoms with E-state index in [2.05, 4.69) is 0 Å². The van der Waals surface area contributed by atoms with Crippen molar-refractivity contribution in [3.8, 4) is 34.3 Å². The van der Waals surface area contributed by atoms with Crippen LogP contribution in [-0.2, 0) is 0 Å². The fraction of sp³-hybridized carbons (Fsp3) is 0. The molecule has 3 rings (SSSR count). The number of hydrogen-bond donors (Lipinski definition) is 4. The predicted molar refractivity (Wildman–Crippen MR) is 74.6 cm³/mol. The van der Waals surface area contributed by atoms with Crippen LogP contribution in [0.15, 0.2) is 45.6 Å². The largest absolute Gasteiger partial charge is 0.507 e. The lowest BCUT2D eigenvalue weighted by Gasteiger charge is -2.07. The van der Waals surface area contributed by atoms with Crippen molar-refractivity contribution in [1.82, 2.24) is 0 Å². The third kappa shape index (κ3) is 2.02. The van der Waals surface area contributed by atoms with Crippen molar-refractivity contribution in [2.24, 2.45) is 0 Å². The standard InChI is InChI=1S/C15H10O6/c16-8-2-1-3-9(17)15(8)14-5-10(18)7-4-11(19)12(20)6-13(7)21-14/h1-6,16-17,19-20H. The van der Waals surface area contributed by atoms with Gasteiger partial charge >= 0.3 is 0 Å². The molecular formula is C15H10O6. The van der Waals surface area contributed by atoms with E-state index in [-0.39, 0.29) is 33.8 Å². The molecule has 6 nitrogen and oxygen atoms in total. The monoisotopic (exact) mass is 286 g/mol. The Labute approximate surface area is 117 Å². The summed E-state index contributed by atoms with van der Waals surface area (Å²) in [6.45, 7) is 0. The summed E-state index contributed by atoms with van der Waals surface area (Å²) in [5.74, 6) is -1.42. The molecule has 0 aliphatic carbocycles. The van der Waals surface area contributed by atoms with Gasteiger partial charge in [0.1, 0.15) is 28.4 Å². The predicted octanol–water partition coefficient (Wildman–Crippen LogP) is 2.28. The topological polar surface area (TPSA) is 111 Å². The van der Waals surface area contributed by atoms with Gasteiger partial charge in [0.25, 0.3) is 0 Å². The summed E-state index contributed by atoms with van der Waals surface area (Å²) in [5, 5.41) is 38.5. The third-order valence-electron chi connectivity index (χ3n) is 3.09. The molecule has 0 aliphatic rings. The summed E-state index contributed by atoms with van der Waals surface area (Å²) in [7, 11) is 0. The van der Waals surface area contributed by atoms with Crippen molar-refractivity contribution in [3.05, 3.63) is 46.6 Å². The minimum absolute atomic E-state index is 0.0236. The van der Waals surface area contributed by atoms with Gasteiger partial charge in [-0.15, -0.1) is 0 Å². The molecular weight excluding hydrogens is 276 g/mol. The van der Waals surface area contributed by atoms with Gasteiger partial charge in [-0.2, -0.15) is 0 Å². The Bertz CT molecular complexity index is 890. The number of hydrogen-bond acceptors (Lipinski definition) is 6. The smallest absolute Gasteiger partial charge is 0.193 e. The molecule has 0 saturated heterocycles. The van der Waals surface area contributed by atoms with Crippen LogP contribution in [0.5, 0.6) is 23.0 Å². The molecule has 3 aromatic rings. The number of fused-ring (bicyclic) bond motifs is 1. The van der Waals surface area contributed by atoms with E-state index in [1.807, 2.05) is 0 Å². The van der Waals surface area contributed by atoms with E-state index in [1.54, 1.807) is 0 Å². The summed E-state index contributed by atoms with van der Waals surface area (Å²) in [5.41, 5.74) is -0.483. The minimum atomic E-state index is -0.482. The Balaban J connectivity index is 2.36. The number of phenolic OH excluding ortho intramolecular Hbond substituents is 4. The van der Waals surface area contributed by atoms with Crippen LogP contribution in [0.1, 0.15) is 0 Å². The fourth-order valence-corrected chi connectivity index (χ4v) is 2.08. The number of aromatic hydroxyl groups is 4. The quantitative estimate of drug-likeness (QED) is 0.511. The van der Waals surface area contributed by atoms with Gasteiger partial charge in [0.2, 0.25) is 0 Å². The van der Waals surface area contributed by atoms with Crippen molar-refractivity contribution in [3.63, 3.8) is 0 Å². The van der Waals surface area contributed by atoms with Gasteiger partial charge in [-0.25, -0.2) is 0 Å². The summed E-state index contributed by atoms with van der Waals surface area (Å²) in [4.78, 5) is 12.0. The molecule has 106 valence electrons. The third-order valence-corrected chi connectivity index (χ3v) is 3.09. The number of phenols is 4. The zero-order chi connectivity index (χ0) is 15.1. The van der Waals surface area contributed by atoms with Crippen LogP contribution in [0.4, 0.5) is 0 Å². The number of rotatable bonds is 1. The second kappa shape index (κ2) is 4.45. The maximum atomic E-state index is 12.0. The average molecular weight is 286 g/mol. The van der Waals surface area contributed by atoms with Gasteiger partial charge < -0.3 is 24.8 Å². The molecule has 4 N–H and O–H groups in total. The Morgan fingerprint density at radius 2 is 1.43 bits per heavy atom. The zero-order valence-corrected chi connectivity index (χ0v) is 10.6. The van der Waals surface area contributed by atoms with Crippen LogP contribution in [0, 0.1) is 0 Å². The highest BCUT2D eigenvalue weighted by Gasteiger charge is 2.15. The SMILES string of the molecule is O=c1cc(-c2c(O)cccc2O)oc2cc(O)c(O)cc12. The van der Waals surface area contributed by atoms with Crippen LogP contribution in [0.3, 0.4) is 0 Å². The highest BCUT2D eigenvalue weighted by Crippen LogP contribution is 2.38. The molecule has 21 heavy (non-hydrogen) atoms. The number of benzene rings is 2. The lowest BCUT2D eigenvalue weighted by molar-refractivity contribution is 0.403. The maximum Gasteiger partial charge on any atom is 0.193 e. The normalized spacial score (nSPS) is 10.9. The first-order valence-electron chi connectivity index (χ1n) is 5.98. The lowest BCUT2D eigenvalue weighted by Crippen LogP contribution is -2.00. The Morgan fingerprint density at radius 1 is 0.810 bits per heavy atom. The van der Waals surface area contributed by atoms with Crippen LogP contribution in [-0.4, -0.2) is 20.4 Å². The van der Waals surface area contributed by atoms with E-state index < -0.39 is 16.9 Å². The Kier molecular flexibility index (Phi) is 2.72. The molecule has 1 aromatic heterocycles. The molecule has 0 saturated carbocycles. The lowest BCUT2D eigenvalue weighted by atomic mass is 10.1. The van der Waals surface area contributed by atoms with Crippen LogP contribution >= 0.6 is 0 Å². The van der Waals surface area contributed by atoms with E-state index in [9.17, 15) is 25.2 Å². The van der Waals surface area contributed by atoms with Gasteiger partial charge in [-0.05, 0) is 18.2 Å². The van der Waals surface area contributed by atoms with E-state index >= 15 is 0 Å². The van der Waals surface area contributed by atoms with Gasteiger partial charge in [0.15, 0.2) is 16.9 Å². The first kappa shape index (κ1) is 12.9. The molecule has 6 heteroatoms. The van der Waals surface area contributed by atoms with E-state index in [4.69, 9.17) is 4.42 Å². The van der Waals surface area contributed by atoms with E-state index in [1.165, 1.54) is 18.2 Å². The molecule has 0 spiro atoms. The van der Waals surface area contributed by atoms with E-state index in [0.29, 0.717) is 0 Å². The first-order chi connectivity index (χ1) is 9.97. The van der Waals surface area contributed by atoms with Gasteiger partial charge in [-0.1, -0.05) is 6.07 Å². The molecule has 0 aliphatic heterocycles. The molecule has 1 heterocycles. The molecule has 2 aromatic carbocycles. The minimum Gasteiger partial charge on any atom is -0.507 e. The second-order valence-corrected chi connectivity index (χ2v) is 4.48. The molecule has 0 fully saturated rings. The molecule has 0 unspecified atom stereocenters. The van der Waals surface area contributed by atoms with Gasteiger partial charge in [-0.3, -0.25) is 4.79 Å².